The van der Waals surface area contributed by atoms with Crippen molar-refractivity contribution in [3.8, 4) is 5.75 Å². The lowest BCUT2D eigenvalue weighted by atomic mass is 9.99. The summed E-state index contributed by atoms with van der Waals surface area (Å²) in [4.78, 5) is 32.4. The number of nitrogens with zero attached hydrogens (tertiary/aromatic N) is 4. The number of benzene rings is 2. The van der Waals surface area contributed by atoms with Gasteiger partial charge >= 0.3 is 5.97 Å². The molecule has 1 aliphatic rings. The maximum atomic E-state index is 13.7. The molecule has 13 heteroatoms. The minimum atomic E-state index is -3.99. The number of likely N-dealkylation sites (N-methyl/N-ethyl adjacent to an activating group) is 1. The van der Waals surface area contributed by atoms with E-state index in [-0.39, 0.29) is 46.4 Å². The van der Waals surface area contributed by atoms with Gasteiger partial charge in [-0.25, -0.2) is 9.78 Å². The van der Waals surface area contributed by atoms with Gasteiger partial charge in [-0.3, -0.25) is 14.4 Å². The zero-order valence-electron chi connectivity index (χ0n) is 23.4. The molecule has 3 aromatic rings. The van der Waals surface area contributed by atoms with Gasteiger partial charge in [-0.2, -0.15) is 8.42 Å². The lowest BCUT2D eigenvalue weighted by Gasteiger charge is -2.38. The Morgan fingerprint density at radius 2 is 1.95 bits per heavy atom. The second-order valence-corrected chi connectivity index (χ2v) is 12.1. The van der Waals surface area contributed by atoms with Gasteiger partial charge in [0.15, 0.2) is 5.03 Å². The third-order valence-electron chi connectivity index (χ3n) is 7.02. The molecule has 0 saturated heterocycles. The molecule has 0 radical (unpaired) electrons. The number of aromatic carboxylic acids is 1. The highest BCUT2D eigenvalue weighted by atomic mass is 32.2. The summed E-state index contributed by atoms with van der Waals surface area (Å²) in [5.74, 6) is -1.16. The number of carbonyl (C=O) groups is 2. The minimum Gasteiger partial charge on any atom is -0.488 e. The molecule has 12 nitrogen and oxygen atoms in total. The lowest BCUT2D eigenvalue weighted by Crippen LogP contribution is -2.49. The molecule has 0 spiro atoms. The number of aromatic nitrogens is 2. The summed E-state index contributed by atoms with van der Waals surface area (Å²) in [5, 5.41) is 18.9. The molecule has 3 N–H and O–H groups in total. The first-order valence-electron chi connectivity index (χ1n) is 13.1. The first-order chi connectivity index (χ1) is 19.4. The summed E-state index contributed by atoms with van der Waals surface area (Å²) >= 11 is 0. The van der Waals surface area contributed by atoms with Crippen molar-refractivity contribution in [2.75, 3.05) is 31.5 Å². The summed E-state index contributed by atoms with van der Waals surface area (Å²) < 4.78 is 36.1. The standard InChI is InChI=1S/C28H35N5O7S/c1-18-12-33(19(2)16-34)27(35)23-11-22(30-41(38,39)26-15-32(4)17-29-26)9-10-24(23)40-25(18)14-31(3)13-20-5-7-21(8-6-20)28(36)37/h5-11,15,17-19,25,30,34H,12-14,16H2,1-4H3,(H,36,37)/t18-,19+,25-/m1/s1. The van der Waals surface area contributed by atoms with Crippen LogP contribution in [-0.4, -0.2) is 88.7 Å². The Hall–Kier alpha value is -3.94. The Bertz CT molecular complexity index is 1510. The second-order valence-electron chi connectivity index (χ2n) is 10.5. The van der Waals surface area contributed by atoms with E-state index >= 15 is 0 Å². The quantitative estimate of drug-likeness (QED) is 0.325. The predicted molar refractivity (Wildman–Crippen MR) is 151 cm³/mol. The highest BCUT2D eigenvalue weighted by Crippen LogP contribution is 2.31. The topological polar surface area (TPSA) is 154 Å². The van der Waals surface area contributed by atoms with Gasteiger partial charge in [-0.15, -0.1) is 0 Å². The van der Waals surface area contributed by atoms with Gasteiger partial charge in [0, 0.05) is 44.5 Å². The van der Waals surface area contributed by atoms with Crippen LogP contribution in [0.2, 0.25) is 0 Å². The van der Waals surface area contributed by atoms with Gasteiger partial charge in [0.1, 0.15) is 11.9 Å². The smallest absolute Gasteiger partial charge is 0.335 e. The number of carboxylic acids is 1. The van der Waals surface area contributed by atoms with E-state index in [1.807, 2.05) is 14.0 Å². The van der Waals surface area contributed by atoms with E-state index in [0.717, 1.165) is 5.56 Å². The fraction of sp³-hybridized carbons (Fsp3) is 0.393. The molecule has 0 bridgehead atoms. The van der Waals surface area contributed by atoms with Crippen molar-refractivity contribution >= 4 is 27.6 Å². The number of carbonyl (C=O) groups excluding carboxylic acids is 1. The zero-order valence-corrected chi connectivity index (χ0v) is 24.2. The number of aliphatic hydroxyl groups is 1. The molecule has 0 saturated carbocycles. The predicted octanol–water partition coefficient (Wildman–Crippen LogP) is 2.27. The average molecular weight is 586 g/mol. The van der Waals surface area contributed by atoms with E-state index in [1.54, 1.807) is 49.2 Å². The molecule has 41 heavy (non-hydrogen) atoms. The number of hydrogen-bond donors (Lipinski definition) is 3. The van der Waals surface area contributed by atoms with Crippen LogP contribution in [0, 0.1) is 5.92 Å². The largest absolute Gasteiger partial charge is 0.488 e. The maximum Gasteiger partial charge on any atom is 0.335 e. The fourth-order valence-corrected chi connectivity index (χ4v) is 5.71. The number of nitrogens with one attached hydrogen (secondary N) is 1. The molecule has 0 fully saturated rings. The Morgan fingerprint density at radius 1 is 1.24 bits per heavy atom. The van der Waals surface area contributed by atoms with Crippen molar-refractivity contribution in [3.05, 3.63) is 71.7 Å². The number of sulfonamides is 1. The number of hydrogen-bond acceptors (Lipinski definition) is 8. The van der Waals surface area contributed by atoms with Gasteiger partial charge in [0.25, 0.3) is 15.9 Å². The van der Waals surface area contributed by atoms with E-state index in [4.69, 9.17) is 9.84 Å². The summed E-state index contributed by atoms with van der Waals surface area (Å²) in [7, 11) is -0.400. The van der Waals surface area contributed by atoms with Gasteiger partial charge in [0.05, 0.1) is 30.1 Å². The number of amides is 1. The number of anilines is 1. The van der Waals surface area contributed by atoms with E-state index in [1.165, 1.54) is 29.2 Å². The van der Waals surface area contributed by atoms with Crippen LogP contribution < -0.4 is 9.46 Å². The van der Waals surface area contributed by atoms with Gasteiger partial charge in [-0.1, -0.05) is 19.1 Å². The Labute approximate surface area is 239 Å². The van der Waals surface area contributed by atoms with Gasteiger partial charge < -0.3 is 24.4 Å². The van der Waals surface area contributed by atoms with Crippen molar-refractivity contribution in [3.63, 3.8) is 0 Å². The summed E-state index contributed by atoms with van der Waals surface area (Å²) in [5.41, 5.74) is 1.51. The molecular formula is C28H35N5O7S. The molecule has 2 heterocycles. The number of aliphatic hydroxyl groups excluding tert-OH is 1. The first kappa shape index (κ1) is 30.0. The normalized spacial score (nSPS) is 18.3. The molecule has 0 unspecified atom stereocenters. The van der Waals surface area contributed by atoms with E-state index < -0.39 is 22.0 Å². The molecule has 1 aromatic heterocycles. The SMILES string of the molecule is C[C@@H]1CN([C@@H](C)CO)C(=O)c2cc(NS(=O)(=O)c3cn(C)cn3)ccc2O[C@@H]1CN(C)Cc1ccc(C(=O)O)cc1. The van der Waals surface area contributed by atoms with E-state index in [0.29, 0.717) is 25.4 Å². The van der Waals surface area contributed by atoms with Gasteiger partial charge in [-0.05, 0) is 49.9 Å². The summed E-state index contributed by atoms with van der Waals surface area (Å²) in [6, 6.07) is 10.7. The Morgan fingerprint density at radius 3 is 2.56 bits per heavy atom. The van der Waals surface area contributed by atoms with Crippen molar-refractivity contribution in [2.24, 2.45) is 13.0 Å². The van der Waals surface area contributed by atoms with Crippen LogP contribution in [0.25, 0.3) is 0 Å². The Kier molecular flexibility index (Phi) is 9.00. The molecule has 1 aliphatic heterocycles. The fourth-order valence-electron chi connectivity index (χ4n) is 4.68. The summed E-state index contributed by atoms with van der Waals surface area (Å²) in [6.07, 6.45) is 2.40. The summed E-state index contributed by atoms with van der Waals surface area (Å²) in [6.45, 7) is 4.84. The highest BCUT2D eigenvalue weighted by Gasteiger charge is 2.34. The van der Waals surface area contributed by atoms with Crippen LogP contribution in [0.15, 0.2) is 60.0 Å². The van der Waals surface area contributed by atoms with Crippen LogP contribution in [0.3, 0.4) is 0 Å². The number of rotatable bonds is 10. The maximum absolute atomic E-state index is 13.7. The second kappa shape index (κ2) is 12.3. The highest BCUT2D eigenvalue weighted by molar-refractivity contribution is 7.92. The number of fused-ring (bicyclic) bond motifs is 1. The molecule has 220 valence electrons. The molecule has 4 rings (SSSR count). The molecule has 3 atom stereocenters. The Balaban J connectivity index is 1.60. The molecular weight excluding hydrogens is 550 g/mol. The number of imidazole rings is 1. The van der Waals surface area contributed by atoms with Crippen LogP contribution in [-0.2, 0) is 23.6 Å². The van der Waals surface area contributed by atoms with Crippen molar-refractivity contribution in [1.82, 2.24) is 19.4 Å². The van der Waals surface area contributed by atoms with Crippen molar-refractivity contribution < 1.29 is 33.0 Å². The van der Waals surface area contributed by atoms with Gasteiger partial charge in [0.2, 0.25) is 0 Å². The zero-order chi connectivity index (χ0) is 29.9. The van der Waals surface area contributed by atoms with Crippen LogP contribution >= 0.6 is 0 Å². The van der Waals surface area contributed by atoms with Crippen molar-refractivity contribution in [1.29, 1.82) is 0 Å². The first-order valence-corrected chi connectivity index (χ1v) is 14.6. The number of carboxylic acid groups (broad SMARTS) is 1. The van der Waals surface area contributed by atoms with Crippen molar-refractivity contribution in [2.45, 2.75) is 37.6 Å². The lowest BCUT2D eigenvalue weighted by molar-refractivity contribution is 0.0341. The minimum absolute atomic E-state index is 0.111. The third-order valence-corrected chi connectivity index (χ3v) is 8.28. The monoisotopic (exact) mass is 585 g/mol. The average Bonchev–Trinajstić information content (AvgIpc) is 3.38. The molecule has 0 aliphatic carbocycles. The number of ether oxygens (including phenoxy) is 1. The molecule has 2 aromatic carbocycles. The van der Waals surface area contributed by atoms with Crippen LogP contribution in [0.4, 0.5) is 5.69 Å². The molecule has 1 amide bonds. The third kappa shape index (κ3) is 7.04. The number of aryl methyl sites for hydroxylation is 1. The van der Waals surface area contributed by atoms with E-state index in [2.05, 4.69) is 14.6 Å². The van der Waals surface area contributed by atoms with Crippen LogP contribution in [0.5, 0.6) is 5.75 Å². The van der Waals surface area contributed by atoms with E-state index in [9.17, 15) is 23.1 Å². The van der Waals surface area contributed by atoms with Crippen LogP contribution in [0.1, 0.15) is 40.1 Å².